The van der Waals surface area contributed by atoms with Crippen molar-refractivity contribution in [2.45, 2.75) is 82.6 Å². The molecule has 0 radical (unpaired) electrons. The minimum absolute atomic E-state index is 0.00191. The van der Waals surface area contributed by atoms with Crippen LogP contribution in [0.3, 0.4) is 0 Å². The minimum atomic E-state index is -0.00191. The molecule has 2 heterocycles. The van der Waals surface area contributed by atoms with Gasteiger partial charge in [-0.1, -0.05) is 31.4 Å². The third kappa shape index (κ3) is 2.88. The number of hydrogen-bond acceptors (Lipinski definition) is 4. The van der Waals surface area contributed by atoms with Gasteiger partial charge in [0.25, 0.3) is 0 Å². The summed E-state index contributed by atoms with van der Waals surface area (Å²) >= 11 is 0. The number of nitrogens with two attached hydrogens (primary N) is 1. The van der Waals surface area contributed by atoms with Crippen molar-refractivity contribution >= 4 is 0 Å². The fourth-order valence-corrected chi connectivity index (χ4v) is 3.58. The van der Waals surface area contributed by atoms with Gasteiger partial charge in [-0.2, -0.15) is 0 Å². The highest BCUT2D eigenvalue weighted by atomic mass is 16.5. The molecule has 2 aliphatic rings. The Morgan fingerprint density at radius 2 is 2.20 bits per heavy atom. The molecule has 0 bridgehead atoms. The van der Waals surface area contributed by atoms with Gasteiger partial charge in [-0.3, -0.25) is 0 Å². The molecule has 5 nitrogen and oxygen atoms in total. The molecule has 1 aliphatic carbocycles. The molecule has 0 amide bonds. The van der Waals surface area contributed by atoms with E-state index in [9.17, 15) is 0 Å². The molecule has 0 aromatic carbocycles. The molecule has 2 fully saturated rings. The molecule has 2 unspecified atom stereocenters. The molecule has 1 saturated heterocycles. The number of nitrogens with zero attached hydrogens (tertiary/aromatic N) is 3. The Balaban J connectivity index is 1.57. The van der Waals surface area contributed by atoms with Crippen LogP contribution in [0.15, 0.2) is 6.20 Å². The van der Waals surface area contributed by atoms with Gasteiger partial charge in [-0.15, -0.1) is 5.10 Å². The van der Waals surface area contributed by atoms with Crippen molar-refractivity contribution in [2.75, 3.05) is 0 Å². The average molecular weight is 278 g/mol. The predicted octanol–water partition coefficient (Wildman–Crippen LogP) is 2.57. The monoisotopic (exact) mass is 278 g/mol. The van der Waals surface area contributed by atoms with Crippen molar-refractivity contribution in [1.82, 2.24) is 15.0 Å². The maximum atomic E-state index is 6.37. The summed E-state index contributed by atoms with van der Waals surface area (Å²) < 4.78 is 8.27. The quantitative estimate of drug-likeness (QED) is 0.919. The first-order valence-corrected chi connectivity index (χ1v) is 8.04. The van der Waals surface area contributed by atoms with Crippen LogP contribution in [-0.4, -0.2) is 26.7 Å². The number of hydrogen-bond donors (Lipinski definition) is 1. The number of aromatic nitrogens is 3. The van der Waals surface area contributed by atoms with E-state index in [4.69, 9.17) is 10.5 Å². The van der Waals surface area contributed by atoms with Crippen molar-refractivity contribution in [3.05, 3.63) is 11.9 Å². The van der Waals surface area contributed by atoms with E-state index in [1.165, 1.54) is 38.5 Å². The fourth-order valence-electron chi connectivity index (χ4n) is 3.58. The first-order valence-electron chi connectivity index (χ1n) is 8.04. The van der Waals surface area contributed by atoms with Gasteiger partial charge in [-0.05, 0) is 32.1 Å². The normalized spacial score (nSPS) is 27.0. The number of rotatable bonds is 4. The van der Waals surface area contributed by atoms with Crippen LogP contribution in [0, 0.1) is 0 Å². The second-order valence-corrected chi connectivity index (χ2v) is 6.40. The highest BCUT2D eigenvalue weighted by Crippen LogP contribution is 2.42. The summed E-state index contributed by atoms with van der Waals surface area (Å²) in [5, 5.41) is 8.35. The van der Waals surface area contributed by atoms with Gasteiger partial charge in [0.2, 0.25) is 0 Å². The molecule has 3 rings (SSSR count). The molecule has 5 heteroatoms. The van der Waals surface area contributed by atoms with Crippen LogP contribution in [0.4, 0.5) is 0 Å². The van der Waals surface area contributed by atoms with Crippen molar-refractivity contribution in [2.24, 2.45) is 5.73 Å². The highest BCUT2D eigenvalue weighted by molar-refractivity contribution is 4.99. The fraction of sp³-hybridized carbons (Fsp3) is 0.867. The Hall–Kier alpha value is -0.940. The summed E-state index contributed by atoms with van der Waals surface area (Å²) in [6, 6.07) is -0.00191. The molecule has 1 aliphatic heterocycles. The number of ether oxygens (including phenoxy) is 1. The Labute approximate surface area is 120 Å². The summed E-state index contributed by atoms with van der Waals surface area (Å²) in [5.74, 6) is 0. The third-order valence-electron chi connectivity index (χ3n) is 4.87. The highest BCUT2D eigenvalue weighted by Gasteiger charge is 2.40. The predicted molar refractivity (Wildman–Crippen MR) is 77.2 cm³/mol. The van der Waals surface area contributed by atoms with Gasteiger partial charge >= 0.3 is 0 Å². The van der Waals surface area contributed by atoms with Crippen molar-refractivity contribution in [1.29, 1.82) is 0 Å². The lowest BCUT2D eigenvalue weighted by atomic mass is 9.83. The molecule has 1 aromatic rings. The Bertz CT molecular complexity index is 439. The molecule has 112 valence electrons. The maximum absolute atomic E-state index is 6.37. The summed E-state index contributed by atoms with van der Waals surface area (Å²) in [5.41, 5.74) is 7.05. The molecule has 20 heavy (non-hydrogen) atoms. The Kier molecular flexibility index (Phi) is 4.08. The van der Waals surface area contributed by atoms with Crippen LogP contribution in [0.25, 0.3) is 0 Å². The van der Waals surface area contributed by atoms with Crippen molar-refractivity contribution < 1.29 is 4.74 Å². The van der Waals surface area contributed by atoms with E-state index in [0.717, 1.165) is 25.1 Å². The summed E-state index contributed by atoms with van der Waals surface area (Å²) in [6.45, 7) is 2.88. The van der Waals surface area contributed by atoms with Gasteiger partial charge in [0, 0.05) is 0 Å². The largest absolute Gasteiger partial charge is 0.370 e. The lowest BCUT2D eigenvalue weighted by molar-refractivity contribution is -0.0689. The van der Waals surface area contributed by atoms with Gasteiger partial charge in [-0.25, -0.2) is 4.68 Å². The first kappa shape index (κ1) is 14.0. The molecule has 2 N–H and O–H groups in total. The first-order chi connectivity index (χ1) is 9.71. The van der Waals surface area contributed by atoms with E-state index < -0.39 is 0 Å². The SMILES string of the molecule is CCC(N)c1cn(CC2CCC3(CCCCC3)O2)nn1. The standard InChI is InChI=1S/C15H26N4O/c1-2-13(16)14-11-19(18-17-14)10-12-6-9-15(20-12)7-4-3-5-8-15/h11-13H,2-10,16H2,1H3. The van der Waals surface area contributed by atoms with Crippen molar-refractivity contribution in [3.8, 4) is 0 Å². The zero-order chi connectivity index (χ0) is 14.0. The zero-order valence-corrected chi connectivity index (χ0v) is 12.4. The Morgan fingerprint density at radius 3 is 2.95 bits per heavy atom. The second-order valence-electron chi connectivity index (χ2n) is 6.40. The lowest BCUT2D eigenvalue weighted by Crippen LogP contribution is -2.32. The topological polar surface area (TPSA) is 66.0 Å². The van der Waals surface area contributed by atoms with Gasteiger partial charge in [0.05, 0.1) is 36.2 Å². The van der Waals surface area contributed by atoms with E-state index in [1.807, 2.05) is 10.9 Å². The van der Waals surface area contributed by atoms with Crippen molar-refractivity contribution in [3.63, 3.8) is 0 Å². The van der Waals surface area contributed by atoms with Crippen LogP contribution in [-0.2, 0) is 11.3 Å². The third-order valence-corrected chi connectivity index (χ3v) is 4.87. The van der Waals surface area contributed by atoms with Crippen LogP contribution >= 0.6 is 0 Å². The molecule has 2 atom stereocenters. The van der Waals surface area contributed by atoms with E-state index in [2.05, 4.69) is 17.2 Å². The minimum Gasteiger partial charge on any atom is -0.370 e. The molecular formula is C15H26N4O. The van der Waals surface area contributed by atoms with E-state index in [0.29, 0.717) is 6.10 Å². The van der Waals surface area contributed by atoms with Crippen LogP contribution < -0.4 is 5.73 Å². The maximum Gasteiger partial charge on any atom is 0.0994 e. The molecule has 1 spiro atoms. The summed E-state index contributed by atoms with van der Waals surface area (Å²) in [6.07, 6.45) is 12.0. The van der Waals surface area contributed by atoms with E-state index >= 15 is 0 Å². The van der Waals surface area contributed by atoms with Crippen LogP contribution in [0.1, 0.15) is 70.0 Å². The second kappa shape index (κ2) is 5.82. The van der Waals surface area contributed by atoms with Gasteiger partial charge in [0.1, 0.15) is 0 Å². The van der Waals surface area contributed by atoms with E-state index in [1.54, 1.807) is 0 Å². The summed E-state index contributed by atoms with van der Waals surface area (Å²) in [7, 11) is 0. The molecular weight excluding hydrogens is 252 g/mol. The van der Waals surface area contributed by atoms with Crippen LogP contribution in [0.5, 0.6) is 0 Å². The summed E-state index contributed by atoms with van der Waals surface area (Å²) in [4.78, 5) is 0. The average Bonchev–Trinajstić information content (AvgIpc) is 3.07. The molecule has 1 aromatic heterocycles. The lowest BCUT2D eigenvalue weighted by Gasteiger charge is -2.33. The van der Waals surface area contributed by atoms with Crippen LogP contribution in [0.2, 0.25) is 0 Å². The van der Waals surface area contributed by atoms with Gasteiger partial charge < -0.3 is 10.5 Å². The van der Waals surface area contributed by atoms with E-state index in [-0.39, 0.29) is 11.6 Å². The molecule has 1 saturated carbocycles. The Morgan fingerprint density at radius 1 is 1.40 bits per heavy atom. The zero-order valence-electron chi connectivity index (χ0n) is 12.4. The smallest absolute Gasteiger partial charge is 0.0994 e. The van der Waals surface area contributed by atoms with Gasteiger partial charge in [0.15, 0.2) is 0 Å².